The van der Waals surface area contributed by atoms with Gasteiger partial charge in [-0.25, -0.2) is 0 Å². The van der Waals surface area contributed by atoms with Crippen LogP contribution in [0.5, 0.6) is 0 Å². The van der Waals surface area contributed by atoms with Crippen LogP contribution in [0.15, 0.2) is 30.6 Å². The maximum Gasteiger partial charge on any atom is 0.267 e. The third-order valence-electron chi connectivity index (χ3n) is 3.30. The van der Waals surface area contributed by atoms with Gasteiger partial charge in [-0.1, -0.05) is 11.6 Å². The first-order valence-electron chi connectivity index (χ1n) is 6.71. The molecule has 3 aromatic rings. The first-order valence-corrected chi connectivity index (χ1v) is 7.52. The fourth-order valence-corrected chi connectivity index (χ4v) is 3.19. The quantitative estimate of drug-likeness (QED) is 0.779. The molecule has 0 aliphatic carbocycles. The second-order valence-corrected chi connectivity index (χ2v) is 5.94. The number of amides is 1. The van der Waals surface area contributed by atoms with Crippen LogP contribution in [0, 0.1) is 6.92 Å². The average molecular weight is 300 g/mol. The number of aryl methyl sites for hydroxylation is 2. The van der Waals surface area contributed by atoms with Gasteiger partial charge in [0.1, 0.15) is 4.88 Å². The molecule has 0 radical (unpaired) electrons. The molecule has 3 N–H and O–H groups in total. The van der Waals surface area contributed by atoms with Crippen molar-refractivity contribution in [2.24, 2.45) is 0 Å². The number of nitrogens with zero attached hydrogens (tertiary/aromatic N) is 2. The van der Waals surface area contributed by atoms with E-state index in [0.29, 0.717) is 16.3 Å². The Bertz CT molecular complexity index is 818. The Morgan fingerprint density at radius 3 is 3.00 bits per heavy atom. The summed E-state index contributed by atoms with van der Waals surface area (Å²) in [6.45, 7) is 4.76. The third kappa shape index (κ3) is 2.50. The molecule has 0 aliphatic heterocycles. The summed E-state index contributed by atoms with van der Waals surface area (Å²) in [6.07, 6.45) is 3.43. The van der Waals surface area contributed by atoms with Gasteiger partial charge in [-0.15, -0.1) is 11.3 Å². The zero-order chi connectivity index (χ0) is 15.0. The molecule has 2 heterocycles. The smallest absolute Gasteiger partial charge is 0.267 e. The molecular formula is C15H16N4OS. The summed E-state index contributed by atoms with van der Waals surface area (Å²) < 4.78 is 2.78. The maximum atomic E-state index is 12.4. The number of nitrogens with two attached hydrogens (primary N) is 1. The Hall–Kier alpha value is -2.34. The second-order valence-electron chi connectivity index (χ2n) is 4.88. The SMILES string of the molecule is CCn1cc(NC(=O)c2sc3ccc(C)cc3c2N)cn1. The van der Waals surface area contributed by atoms with Crippen molar-refractivity contribution in [3.63, 3.8) is 0 Å². The van der Waals surface area contributed by atoms with Crippen molar-refractivity contribution in [1.82, 2.24) is 9.78 Å². The highest BCUT2D eigenvalue weighted by molar-refractivity contribution is 7.21. The Labute approximate surface area is 126 Å². The van der Waals surface area contributed by atoms with Gasteiger partial charge < -0.3 is 11.1 Å². The minimum absolute atomic E-state index is 0.193. The molecule has 0 saturated heterocycles. The molecule has 0 saturated carbocycles. The number of nitrogens with one attached hydrogen (secondary N) is 1. The molecule has 0 fully saturated rings. The van der Waals surface area contributed by atoms with Crippen LogP contribution in [0.25, 0.3) is 10.1 Å². The van der Waals surface area contributed by atoms with E-state index in [1.165, 1.54) is 11.3 Å². The number of aromatic nitrogens is 2. The molecule has 108 valence electrons. The Kier molecular flexibility index (Phi) is 3.39. The Morgan fingerprint density at radius 1 is 1.48 bits per heavy atom. The standard InChI is InChI=1S/C15H16N4OS/c1-3-19-8-10(7-17-19)18-15(20)14-13(16)11-6-9(2)4-5-12(11)21-14/h4-8H,3,16H2,1-2H3,(H,18,20). The number of carbonyl (C=O) groups is 1. The van der Waals surface area contributed by atoms with Crippen LogP contribution in [0.1, 0.15) is 22.2 Å². The summed E-state index contributed by atoms with van der Waals surface area (Å²) >= 11 is 1.41. The summed E-state index contributed by atoms with van der Waals surface area (Å²) in [5.74, 6) is -0.193. The lowest BCUT2D eigenvalue weighted by Crippen LogP contribution is -2.11. The van der Waals surface area contributed by atoms with E-state index in [0.717, 1.165) is 22.2 Å². The van der Waals surface area contributed by atoms with Gasteiger partial charge in [-0.05, 0) is 26.0 Å². The predicted molar refractivity (Wildman–Crippen MR) is 86.8 cm³/mol. The number of nitrogen functional groups attached to an aromatic ring is 1. The molecule has 0 unspecified atom stereocenters. The van der Waals surface area contributed by atoms with Crippen molar-refractivity contribution in [1.29, 1.82) is 0 Å². The second kappa shape index (κ2) is 5.21. The molecule has 2 aromatic heterocycles. The number of fused-ring (bicyclic) bond motifs is 1. The van der Waals surface area contributed by atoms with Crippen LogP contribution in [-0.4, -0.2) is 15.7 Å². The molecular weight excluding hydrogens is 284 g/mol. The van der Waals surface area contributed by atoms with E-state index in [4.69, 9.17) is 5.73 Å². The van der Waals surface area contributed by atoms with E-state index >= 15 is 0 Å². The summed E-state index contributed by atoms with van der Waals surface area (Å²) in [5, 5.41) is 7.91. The highest BCUT2D eigenvalue weighted by Crippen LogP contribution is 2.34. The van der Waals surface area contributed by atoms with Crippen LogP contribution in [0.2, 0.25) is 0 Å². The molecule has 0 spiro atoms. The van der Waals surface area contributed by atoms with Crippen molar-refractivity contribution < 1.29 is 4.79 Å². The van der Waals surface area contributed by atoms with Gasteiger partial charge in [0.25, 0.3) is 5.91 Å². The van der Waals surface area contributed by atoms with E-state index in [2.05, 4.69) is 10.4 Å². The molecule has 1 aromatic carbocycles. The van der Waals surface area contributed by atoms with E-state index in [9.17, 15) is 4.79 Å². The van der Waals surface area contributed by atoms with Crippen LogP contribution in [0.3, 0.4) is 0 Å². The number of rotatable bonds is 3. The number of thiophene rings is 1. The normalized spacial score (nSPS) is 11.0. The molecule has 1 amide bonds. The Balaban J connectivity index is 1.92. The van der Waals surface area contributed by atoms with Crippen molar-refractivity contribution in [2.75, 3.05) is 11.1 Å². The van der Waals surface area contributed by atoms with Crippen molar-refractivity contribution in [3.05, 3.63) is 41.0 Å². The molecule has 3 rings (SSSR count). The molecule has 0 bridgehead atoms. The lowest BCUT2D eigenvalue weighted by atomic mass is 10.1. The van der Waals surface area contributed by atoms with E-state index < -0.39 is 0 Å². The fourth-order valence-electron chi connectivity index (χ4n) is 2.19. The average Bonchev–Trinajstić information content (AvgIpc) is 3.04. The highest BCUT2D eigenvalue weighted by atomic mass is 32.1. The summed E-state index contributed by atoms with van der Waals surface area (Å²) in [5.41, 5.74) is 8.47. The third-order valence-corrected chi connectivity index (χ3v) is 4.49. The van der Waals surface area contributed by atoms with Gasteiger partial charge in [0, 0.05) is 22.8 Å². The van der Waals surface area contributed by atoms with Gasteiger partial charge in [0.05, 0.1) is 17.6 Å². The molecule has 0 atom stereocenters. The molecule has 0 aliphatic rings. The monoisotopic (exact) mass is 300 g/mol. The summed E-state index contributed by atoms with van der Waals surface area (Å²) in [4.78, 5) is 12.9. The highest BCUT2D eigenvalue weighted by Gasteiger charge is 2.17. The largest absolute Gasteiger partial charge is 0.397 e. The lowest BCUT2D eigenvalue weighted by molar-refractivity contribution is 0.103. The van der Waals surface area contributed by atoms with Gasteiger partial charge in [-0.3, -0.25) is 9.48 Å². The van der Waals surface area contributed by atoms with Crippen LogP contribution in [-0.2, 0) is 6.54 Å². The molecule has 6 heteroatoms. The van der Waals surface area contributed by atoms with Gasteiger partial charge >= 0.3 is 0 Å². The van der Waals surface area contributed by atoms with E-state index in [1.54, 1.807) is 17.1 Å². The fraction of sp³-hybridized carbons (Fsp3) is 0.200. The number of carbonyl (C=O) groups excluding carboxylic acids is 1. The summed E-state index contributed by atoms with van der Waals surface area (Å²) in [6, 6.07) is 6.02. The number of hydrogen-bond donors (Lipinski definition) is 2. The van der Waals surface area contributed by atoms with E-state index in [-0.39, 0.29) is 5.91 Å². The first-order chi connectivity index (χ1) is 10.1. The number of anilines is 2. The Morgan fingerprint density at radius 2 is 2.29 bits per heavy atom. The van der Waals surface area contributed by atoms with E-state index in [1.807, 2.05) is 32.0 Å². The zero-order valence-corrected chi connectivity index (χ0v) is 12.7. The van der Waals surface area contributed by atoms with Crippen molar-refractivity contribution >= 4 is 38.7 Å². The first kappa shape index (κ1) is 13.6. The minimum atomic E-state index is -0.193. The predicted octanol–water partition coefficient (Wildman–Crippen LogP) is 3.26. The van der Waals surface area contributed by atoms with Crippen molar-refractivity contribution in [3.8, 4) is 0 Å². The molecule has 21 heavy (non-hydrogen) atoms. The lowest BCUT2D eigenvalue weighted by Gasteiger charge is -2.01. The van der Waals surface area contributed by atoms with Gasteiger partial charge in [0.2, 0.25) is 0 Å². The number of benzene rings is 1. The topological polar surface area (TPSA) is 72.9 Å². The van der Waals surface area contributed by atoms with Gasteiger partial charge in [0.15, 0.2) is 0 Å². The van der Waals surface area contributed by atoms with Crippen LogP contribution >= 0.6 is 11.3 Å². The molecule has 5 nitrogen and oxygen atoms in total. The maximum absolute atomic E-state index is 12.4. The summed E-state index contributed by atoms with van der Waals surface area (Å²) in [7, 11) is 0. The van der Waals surface area contributed by atoms with Gasteiger partial charge in [-0.2, -0.15) is 5.10 Å². The zero-order valence-electron chi connectivity index (χ0n) is 11.9. The van der Waals surface area contributed by atoms with Crippen molar-refractivity contribution in [2.45, 2.75) is 20.4 Å². The number of hydrogen-bond acceptors (Lipinski definition) is 4. The minimum Gasteiger partial charge on any atom is -0.397 e. The van der Waals surface area contributed by atoms with Crippen LogP contribution in [0.4, 0.5) is 11.4 Å². The van der Waals surface area contributed by atoms with Crippen LogP contribution < -0.4 is 11.1 Å².